The standard InChI is InChI=1S/C11H8BrFN2O/c12-8-2-1-5-15-11(8)16-10-6-7(13)3-4-9(10)14/h1-6H,14H2. The summed E-state index contributed by atoms with van der Waals surface area (Å²) in [5.41, 5.74) is 6.01. The molecule has 1 aromatic carbocycles. The summed E-state index contributed by atoms with van der Waals surface area (Å²) in [6.07, 6.45) is 1.58. The summed E-state index contributed by atoms with van der Waals surface area (Å²) in [5.74, 6) is 0.190. The smallest absolute Gasteiger partial charge is 0.233 e. The molecule has 0 atom stereocenters. The molecule has 2 N–H and O–H groups in total. The Morgan fingerprint density at radius 2 is 2.12 bits per heavy atom. The summed E-state index contributed by atoms with van der Waals surface area (Å²) in [4.78, 5) is 4.00. The lowest BCUT2D eigenvalue weighted by Crippen LogP contribution is -1.94. The van der Waals surface area contributed by atoms with E-state index in [1.807, 2.05) is 0 Å². The third-order valence-corrected chi connectivity index (χ3v) is 2.51. The molecule has 0 saturated heterocycles. The van der Waals surface area contributed by atoms with Gasteiger partial charge in [0.25, 0.3) is 0 Å². The van der Waals surface area contributed by atoms with Crippen LogP contribution in [0.15, 0.2) is 41.0 Å². The van der Waals surface area contributed by atoms with Gasteiger partial charge < -0.3 is 10.5 Å². The lowest BCUT2D eigenvalue weighted by atomic mass is 10.3. The first-order valence-corrected chi connectivity index (χ1v) is 5.29. The molecule has 0 bridgehead atoms. The number of hydrogen-bond acceptors (Lipinski definition) is 3. The van der Waals surface area contributed by atoms with Crippen LogP contribution in [-0.4, -0.2) is 4.98 Å². The van der Waals surface area contributed by atoms with E-state index in [0.717, 1.165) is 0 Å². The summed E-state index contributed by atoms with van der Waals surface area (Å²) in [6, 6.07) is 7.47. The Kier molecular flexibility index (Phi) is 3.05. The van der Waals surface area contributed by atoms with E-state index in [-0.39, 0.29) is 5.75 Å². The number of anilines is 1. The Balaban J connectivity index is 2.34. The second kappa shape index (κ2) is 4.49. The van der Waals surface area contributed by atoms with Crippen LogP contribution in [0.3, 0.4) is 0 Å². The molecule has 3 nitrogen and oxygen atoms in total. The van der Waals surface area contributed by atoms with Gasteiger partial charge in [-0.1, -0.05) is 0 Å². The van der Waals surface area contributed by atoms with E-state index >= 15 is 0 Å². The fourth-order valence-corrected chi connectivity index (χ4v) is 1.48. The van der Waals surface area contributed by atoms with E-state index < -0.39 is 5.82 Å². The first-order valence-electron chi connectivity index (χ1n) is 4.50. The van der Waals surface area contributed by atoms with E-state index in [1.54, 1.807) is 18.3 Å². The largest absolute Gasteiger partial charge is 0.436 e. The number of aromatic nitrogens is 1. The fourth-order valence-electron chi connectivity index (χ4n) is 1.15. The molecule has 1 aromatic heterocycles. The van der Waals surface area contributed by atoms with Crippen molar-refractivity contribution in [2.45, 2.75) is 0 Å². The van der Waals surface area contributed by atoms with E-state index in [0.29, 0.717) is 16.0 Å². The molecular weight excluding hydrogens is 275 g/mol. The summed E-state index contributed by atoms with van der Waals surface area (Å²) >= 11 is 3.27. The second-order valence-corrected chi connectivity index (χ2v) is 3.93. The van der Waals surface area contributed by atoms with Crippen molar-refractivity contribution in [3.63, 3.8) is 0 Å². The molecule has 5 heteroatoms. The van der Waals surface area contributed by atoms with Gasteiger partial charge in [-0.3, -0.25) is 0 Å². The van der Waals surface area contributed by atoms with Crippen molar-refractivity contribution >= 4 is 21.6 Å². The Labute approximate surface area is 100 Å². The number of nitrogen functional groups attached to an aromatic ring is 1. The van der Waals surface area contributed by atoms with Crippen LogP contribution in [0.4, 0.5) is 10.1 Å². The molecule has 0 spiro atoms. The molecule has 0 radical (unpaired) electrons. The van der Waals surface area contributed by atoms with Crippen LogP contribution >= 0.6 is 15.9 Å². The Morgan fingerprint density at radius 1 is 1.31 bits per heavy atom. The highest BCUT2D eigenvalue weighted by molar-refractivity contribution is 9.10. The minimum absolute atomic E-state index is 0.249. The van der Waals surface area contributed by atoms with Gasteiger partial charge in [0, 0.05) is 12.3 Å². The highest BCUT2D eigenvalue weighted by atomic mass is 79.9. The SMILES string of the molecule is Nc1ccc(F)cc1Oc1ncccc1Br. The molecule has 1 heterocycles. The number of benzene rings is 1. The quantitative estimate of drug-likeness (QED) is 0.860. The van der Waals surface area contributed by atoms with E-state index in [2.05, 4.69) is 20.9 Å². The maximum Gasteiger partial charge on any atom is 0.233 e. The van der Waals surface area contributed by atoms with Crippen molar-refractivity contribution in [2.24, 2.45) is 0 Å². The van der Waals surface area contributed by atoms with Crippen molar-refractivity contribution in [3.05, 3.63) is 46.8 Å². The zero-order chi connectivity index (χ0) is 11.5. The van der Waals surface area contributed by atoms with Crippen LogP contribution < -0.4 is 10.5 Å². The van der Waals surface area contributed by atoms with Crippen LogP contribution in [0.2, 0.25) is 0 Å². The molecule has 2 rings (SSSR count). The number of pyridine rings is 1. The number of nitrogens with two attached hydrogens (primary N) is 1. The van der Waals surface area contributed by atoms with Gasteiger partial charge in [0.15, 0.2) is 5.75 Å². The van der Waals surface area contributed by atoms with Gasteiger partial charge in [-0.15, -0.1) is 0 Å². The molecule has 0 amide bonds. The predicted molar refractivity (Wildman–Crippen MR) is 62.8 cm³/mol. The monoisotopic (exact) mass is 282 g/mol. The number of ether oxygens (including phenoxy) is 1. The average molecular weight is 283 g/mol. The van der Waals surface area contributed by atoms with Gasteiger partial charge in [0.2, 0.25) is 5.88 Å². The van der Waals surface area contributed by atoms with Gasteiger partial charge in [0.05, 0.1) is 10.2 Å². The van der Waals surface area contributed by atoms with Gasteiger partial charge in [-0.05, 0) is 40.2 Å². The van der Waals surface area contributed by atoms with Crippen molar-refractivity contribution in [3.8, 4) is 11.6 Å². The van der Waals surface area contributed by atoms with Gasteiger partial charge in [-0.25, -0.2) is 9.37 Å². The molecule has 0 aliphatic rings. The van der Waals surface area contributed by atoms with Crippen LogP contribution in [0.5, 0.6) is 11.6 Å². The van der Waals surface area contributed by atoms with Gasteiger partial charge in [0.1, 0.15) is 5.82 Å². The van der Waals surface area contributed by atoms with Crippen molar-refractivity contribution in [2.75, 3.05) is 5.73 Å². The molecular formula is C11H8BrFN2O. The van der Waals surface area contributed by atoms with Crippen LogP contribution in [0.1, 0.15) is 0 Å². The minimum atomic E-state index is -0.406. The molecule has 0 fully saturated rings. The first kappa shape index (κ1) is 10.9. The van der Waals surface area contributed by atoms with E-state index in [1.165, 1.54) is 18.2 Å². The lowest BCUT2D eigenvalue weighted by molar-refractivity contribution is 0.457. The second-order valence-electron chi connectivity index (χ2n) is 3.07. The van der Waals surface area contributed by atoms with Crippen molar-refractivity contribution in [1.82, 2.24) is 4.98 Å². The predicted octanol–water partition coefficient (Wildman–Crippen LogP) is 3.36. The Hall–Kier alpha value is -1.62. The summed E-state index contributed by atoms with van der Waals surface area (Å²) in [6.45, 7) is 0. The van der Waals surface area contributed by atoms with Crippen LogP contribution in [0.25, 0.3) is 0 Å². The number of halogens is 2. The third kappa shape index (κ3) is 2.30. The highest BCUT2D eigenvalue weighted by Gasteiger charge is 2.07. The average Bonchev–Trinajstić information content (AvgIpc) is 2.27. The Bertz CT molecular complexity index is 519. The summed E-state index contributed by atoms with van der Waals surface area (Å²) in [5, 5.41) is 0. The van der Waals surface area contributed by atoms with Crippen LogP contribution in [0, 0.1) is 5.82 Å². The zero-order valence-electron chi connectivity index (χ0n) is 8.15. The molecule has 82 valence electrons. The molecule has 0 saturated carbocycles. The summed E-state index contributed by atoms with van der Waals surface area (Å²) in [7, 11) is 0. The molecule has 2 aromatic rings. The third-order valence-electron chi connectivity index (χ3n) is 1.91. The molecule has 0 aliphatic carbocycles. The Morgan fingerprint density at radius 3 is 2.88 bits per heavy atom. The van der Waals surface area contributed by atoms with Gasteiger partial charge in [-0.2, -0.15) is 0 Å². The summed E-state index contributed by atoms with van der Waals surface area (Å²) < 4.78 is 19.1. The molecule has 0 aliphatic heterocycles. The maximum atomic E-state index is 13.0. The van der Waals surface area contributed by atoms with Gasteiger partial charge >= 0.3 is 0 Å². The topological polar surface area (TPSA) is 48.1 Å². The number of nitrogens with zero attached hydrogens (tertiary/aromatic N) is 1. The molecule has 0 unspecified atom stereocenters. The number of hydrogen-bond donors (Lipinski definition) is 1. The minimum Gasteiger partial charge on any atom is -0.436 e. The fraction of sp³-hybridized carbons (Fsp3) is 0. The molecule has 16 heavy (non-hydrogen) atoms. The van der Waals surface area contributed by atoms with Crippen molar-refractivity contribution < 1.29 is 9.13 Å². The highest BCUT2D eigenvalue weighted by Crippen LogP contribution is 2.30. The van der Waals surface area contributed by atoms with Crippen molar-refractivity contribution in [1.29, 1.82) is 0 Å². The number of rotatable bonds is 2. The normalized spacial score (nSPS) is 10.1. The maximum absolute atomic E-state index is 13.0. The zero-order valence-corrected chi connectivity index (χ0v) is 9.74. The van der Waals surface area contributed by atoms with E-state index in [4.69, 9.17) is 10.5 Å². The lowest BCUT2D eigenvalue weighted by Gasteiger charge is -2.08. The first-order chi connectivity index (χ1) is 7.66. The van der Waals surface area contributed by atoms with Crippen LogP contribution in [-0.2, 0) is 0 Å². The van der Waals surface area contributed by atoms with E-state index in [9.17, 15) is 4.39 Å².